The highest BCUT2D eigenvalue weighted by Gasteiger charge is 2.10. The monoisotopic (exact) mass is 342 g/mol. The van der Waals surface area contributed by atoms with Crippen molar-refractivity contribution in [3.05, 3.63) is 64.6 Å². The molecule has 0 unspecified atom stereocenters. The third-order valence-corrected chi connectivity index (χ3v) is 3.94. The average Bonchev–Trinajstić information content (AvgIpc) is 2.62. The molecule has 0 fully saturated rings. The van der Waals surface area contributed by atoms with E-state index >= 15 is 0 Å². The van der Waals surface area contributed by atoms with Crippen LogP contribution in [0.4, 0.5) is 5.69 Å². The Balaban J connectivity index is 1.81. The quantitative estimate of drug-likeness (QED) is 0.785. The number of pyridine rings is 1. The maximum absolute atomic E-state index is 11.9. The van der Waals surface area contributed by atoms with E-state index in [1.165, 1.54) is 22.4 Å². The largest absolute Gasteiger partial charge is 0.454 e. The second-order valence-corrected chi connectivity index (χ2v) is 5.81. The van der Waals surface area contributed by atoms with Gasteiger partial charge in [-0.1, -0.05) is 32.0 Å². The van der Waals surface area contributed by atoms with Crippen LogP contribution in [0.15, 0.2) is 53.5 Å². The van der Waals surface area contributed by atoms with Gasteiger partial charge in [0.25, 0.3) is 11.5 Å². The molecule has 0 aliphatic heterocycles. The van der Waals surface area contributed by atoms with Gasteiger partial charge in [0, 0.05) is 18.0 Å². The van der Waals surface area contributed by atoms with Crippen LogP contribution in [0.2, 0.25) is 0 Å². The van der Waals surface area contributed by atoms with E-state index in [-0.39, 0.29) is 12.1 Å². The van der Waals surface area contributed by atoms with Gasteiger partial charge in [0.05, 0.1) is 0 Å². The summed E-state index contributed by atoms with van der Waals surface area (Å²) in [4.78, 5) is 35.1. The summed E-state index contributed by atoms with van der Waals surface area (Å²) in [5, 5.41) is 2.67. The SMILES string of the molecule is CC[C@@H](C)c1ccc(NC(=O)COC(=O)Cn2ccccc2=O)cc1. The number of carbonyl (C=O) groups is 2. The normalized spacial score (nSPS) is 11.6. The topological polar surface area (TPSA) is 77.4 Å². The first kappa shape index (κ1) is 18.4. The summed E-state index contributed by atoms with van der Waals surface area (Å²) in [6, 6.07) is 12.2. The van der Waals surface area contributed by atoms with Crippen molar-refractivity contribution in [3.8, 4) is 0 Å². The molecule has 6 nitrogen and oxygen atoms in total. The van der Waals surface area contributed by atoms with Gasteiger partial charge in [-0.25, -0.2) is 0 Å². The van der Waals surface area contributed by atoms with Crippen molar-refractivity contribution in [2.75, 3.05) is 11.9 Å². The molecular formula is C19H22N2O4. The molecule has 25 heavy (non-hydrogen) atoms. The summed E-state index contributed by atoms with van der Waals surface area (Å²) in [5.41, 5.74) is 1.55. The number of nitrogens with one attached hydrogen (secondary N) is 1. The molecule has 1 N–H and O–H groups in total. The highest BCUT2D eigenvalue weighted by atomic mass is 16.5. The van der Waals surface area contributed by atoms with Crippen LogP contribution < -0.4 is 10.9 Å². The van der Waals surface area contributed by atoms with E-state index in [1.807, 2.05) is 24.3 Å². The second-order valence-electron chi connectivity index (χ2n) is 5.81. The molecule has 0 aliphatic rings. The Morgan fingerprint density at radius 3 is 2.52 bits per heavy atom. The summed E-state index contributed by atoms with van der Waals surface area (Å²) < 4.78 is 6.12. The maximum atomic E-state index is 11.9. The van der Waals surface area contributed by atoms with Crippen LogP contribution in [0.5, 0.6) is 0 Å². The average molecular weight is 342 g/mol. The Morgan fingerprint density at radius 2 is 1.88 bits per heavy atom. The number of benzene rings is 1. The zero-order valence-electron chi connectivity index (χ0n) is 14.4. The molecule has 0 bridgehead atoms. The van der Waals surface area contributed by atoms with Gasteiger partial charge in [-0.2, -0.15) is 0 Å². The smallest absolute Gasteiger partial charge is 0.326 e. The molecule has 1 aromatic carbocycles. The standard InChI is InChI=1S/C19H22N2O4/c1-3-14(2)15-7-9-16(10-8-15)20-17(22)13-25-19(24)12-21-11-5-4-6-18(21)23/h4-11,14H,3,12-13H2,1-2H3,(H,20,22)/t14-/m1/s1. The number of rotatable bonds is 7. The van der Waals surface area contributed by atoms with E-state index in [1.54, 1.807) is 12.1 Å². The molecule has 0 radical (unpaired) electrons. The summed E-state index contributed by atoms with van der Waals surface area (Å²) >= 11 is 0. The first-order chi connectivity index (χ1) is 12.0. The fourth-order valence-corrected chi connectivity index (χ4v) is 2.25. The van der Waals surface area contributed by atoms with Crippen LogP contribution in [-0.4, -0.2) is 23.1 Å². The van der Waals surface area contributed by atoms with Gasteiger partial charge in [0.1, 0.15) is 6.54 Å². The van der Waals surface area contributed by atoms with Gasteiger partial charge in [0.2, 0.25) is 0 Å². The van der Waals surface area contributed by atoms with Gasteiger partial charge in [-0.15, -0.1) is 0 Å². The third kappa shape index (κ3) is 5.60. The molecule has 0 spiro atoms. The molecule has 0 saturated carbocycles. The molecular weight excluding hydrogens is 320 g/mol. The lowest BCUT2D eigenvalue weighted by Crippen LogP contribution is -2.26. The van der Waals surface area contributed by atoms with E-state index in [4.69, 9.17) is 4.74 Å². The lowest BCUT2D eigenvalue weighted by atomic mass is 9.99. The Hall–Kier alpha value is -2.89. The minimum atomic E-state index is -0.643. The lowest BCUT2D eigenvalue weighted by Gasteiger charge is -2.11. The van der Waals surface area contributed by atoms with Gasteiger partial charge in [-0.3, -0.25) is 14.4 Å². The number of aromatic nitrogens is 1. The Kier molecular flexibility index (Phi) is 6.51. The fraction of sp³-hybridized carbons (Fsp3) is 0.316. The highest BCUT2D eigenvalue weighted by molar-refractivity contribution is 5.92. The summed E-state index contributed by atoms with van der Waals surface area (Å²) in [6.07, 6.45) is 2.54. The number of nitrogens with zero attached hydrogens (tertiary/aromatic N) is 1. The predicted octanol–water partition coefficient (Wildman–Crippen LogP) is 2.54. The van der Waals surface area contributed by atoms with Crippen molar-refractivity contribution < 1.29 is 14.3 Å². The number of ether oxygens (including phenoxy) is 1. The van der Waals surface area contributed by atoms with Gasteiger partial charge in [-0.05, 0) is 36.1 Å². The fourth-order valence-electron chi connectivity index (χ4n) is 2.25. The summed E-state index contributed by atoms with van der Waals surface area (Å²) in [7, 11) is 0. The molecule has 1 amide bonds. The van der Waals surface area contributed by atoms with Crippen molar-refractivity contribution in [2.24, 2.45) is 0 Å². The van der Waals surface area contributed by atoms with Crippen molar-refractivity contribution in [1.29, 1.82) is 0 Å². The van der Waals surface area contributed by atoms with E-state index in [9.17, 15) is 14.4 Å². The van der Waals surface area contributed by atoms with Crippen LogP contribution in [-0.2, 0) is 20.9 Å². The van der Waals surface area contributed by atoms with E-state index in [2.05, 4.69) is 19.2 Å². The molecule has 2 aromatic rings. The predicted molar refractivity (Wildman–Crippen MR) is 95.4 cm³/mol. The first-order valence-electron chi connectivity index (χ1n) is 8.20. The number of esters is 1. The maximum Gasteiger partial charge on any atom is 0.326 e. The molecule has 6 heteroatoms. The summed E-state index contributed by atoms with van der Waals surface area (Å²) in [5.74, 6) is -0.604. The summed E-state index contributed by atoms with van der Waals surface area (Å²) in [6.45, 7) is 3.65. The van der Waals surface area contributed by atoms with Gasteiger partial charge >= 0.3 is 5.97 Å². The number of amides is 1. The molecule has 1 atom stereocenters. The molecule has 0 saturated heterocycles. The number of hydrogen-bond acceptors (Lipinski definition) is 4. The van der Waals surface area contributed by atoms with Crippen molar-refractivity contribution in [3.63, 3.8) is 0 Å². The lowest BCUT2D eigenvalue weighted by molar-refractivity contribution is -0.147. The minimum absolute atomic E-state index is 0.226. The molecule has 1 heterocycles. The van der Waals surface area contributed by atoms with Crippen LogP contribution in [0.25, 0.3) is 0 Å². The molecule has 132 valence electrons. The highest BCUT2D eigenvalue weighted by Crippen LogP contribution is 2.20. The minimum Gasteiger partial charge on any atom is -0.454 e. The van der Waals surface area contributed by atoms with Crippen molar-refractivity contribution >= 4 is 17.6 Å². The van der Waals surface area contributed by atoms with E-state index in [0.717, 1.165) is 6.42 Å². The number of carbonyl (C=O) groups excluding carboxylic acids is 2. The Morgan fingerprint density at radius 1 is 1.16 bits per heavy atom. The molecule has 0 aliphatic carbocycles. The van der Waals surface area contributed by atoms with Crippen LogP contribution in [0.3, 0.4) is 0 Å². The molecule has 2 rings (SSSR count). The number of anilines is 1. The molecule has 1 aromatic heterocycles. The zero-order valence-corrected chi connectivity index (χ0v) is 14.4. The van der Waals surface area contributed by atoms with E-state index < -0.39 is 18.5 Å². The van der Waals surface area contributed by atoms with Gasteiger partial charge in [0.15, 0.2) is 6.61 Å². The van der Waals surface area contributed by atoms with Crippen LogP contribution >= 0.6 is 0 Å². The second kappa shape index (κ2) is 8.82. The Labute approximate surface area is 146 Å². The first-order valence-corrected chi connectivity index (χ1v) is 8.20. The Bertz CT molecular complexity index is 781. The van der Waals surface area contributed by atoms with E-state index in [0.29, 0.717) is 11.6 Å². The van der Waals surface area contributed by atoms with Crippen molar-refractivity contribution in [1.82, 2.24) is 4.57 Å². The number of hydrogen-bond donors (Lipinski definition) is 1. The van der Waals surface area contributed by atoms with Crippen LogP contribution in [0.1, 0.15) is 31.7 Å². The third-order valence-electron chi connectivity index (χ3n) is 3.94. The van der Waals surface area contributed by atoms with Gasteiger partial charge < -0.3 is 14.6 Å². The van der Waals surface area contributed by atoms with Crippen molar-refractivity contribution in [2.45, 2.75) is 32.7 Å². The van der Waals surface area contributed by atoms with Crippen LogP contribution in [0, 0.1) is 0 Å². The zero-order chi connectivity index (χ0) is 18.2.